The number of nitrogens with one attached hydrogen (secondary N) is 2. The van der Waals surface area contributed by atoms with Gasteiger partial charge in [0.25, 0.3) is 5.91 Å². The van der Waals surface area contributed by atoms with Crippen molar-refractivity contribution in [1.82, 2.24) is 25.0 Å². The van der Waals surface area contributed by atoms with Gasteiger partial charge in [0.15, 0.2) is 0 Å². The molecule has 0 spiro atoms. The Kier molecular flexibility index (Phi) is 4.44. The van der Waals surface area contributed by atoms with Crippen LogP contribution < -0.4 is 5.69 Å². The molecule has 1 saturated heterocycles. The van der Waals surface area contributed by atoms with Gasteiger partial charge >= 0.3 is 5.69 Å². The molecule has 0 unspecified atom stereocenters. The Morgan fingerprint density at radius 1 is 1.30 bits per heavy atom. The number of hydrogen-bond acceptors (Lipinski definition) is 4. The Labute approximate surface area is 136 Å². The molecule has 3 rings (SSSR count). The number of H-pyrrole nitrogens is 2. The molecule has 0 atom stereocenters. The van der Waals surface area contributed by atoms with Crippen molar-refractivity contribution in [3.8, 4) is 0 Å². The van der Waals surface area contributed by atoms with Crippen LogP contribution in [0, 0.1) is 5.82 Å². The number of piperazine rings is 1. The minimum atomic E-state index is -0.612. The van der Waals surface area contributed by atoms with Crippen LogP contribution in [0.1, 0.15) is 16.2 Å². The van der Waals surface area contributed by atoms with Crippen LogP contribution in [0.2, 0.25) is 5.02 Å². The lowest BCUT2D eigenvalue weighted by Gasteiger charge is -2.34. The highest BCUT2D eigenvalue weighted by Crippen LogP contribution is 2.17. The summed E-state index contributed by atoms with van der Waals surface area (Å²) in [7, 11) is 0. The fourth-order valence-electron chi connectivity index (χ4n) is 2.53. The van der Waals surface area contributed by atoms with E-state index in [-0.39, 0.29) is 22.2 Å². The zero-order chi connectivity index (χ0) is 16.4. The number of carbonyl (C=O) groups excluding carboxylic acids is 1. The second kappa shape index (κ2) is 6.51. The lowest BCUT2D eigenvalue weighted by molar-refractivity contribution is 0.0621. The smallest absolute Gasteiger partial charge is 0.336 e. The first kappa shape index (κ1) is 15.7. The zero-order valence-electron chi connectivity index (χ0n) is 12.2. The summed E-state index contributed by atoms with van der Waals surface area (Å²) in [5.41, 5.74) is -0.313. The number of hydrogen-bond donors (Lipinski definition) is 2. The number of nitrogens with zero attached hydrogens (tertiary/aromatic N) is 3. The molecule has 1 aromatic carbocycles. The van der Waals surface area contributed by atoms with Crippen molar-refractivity contribution in [1.29, 1.82) is 0 Å². The van der Waals surface area contributed by atoms with Crippen molar-refractivity contribution in [2.45, 2.75) is 6.54 Å². The van der Waals surface area contributed by atoms with E-state index in [1.165, 1.54) is 12.1 Å². The second-order valence-electron chi connectivity index (χ2n) is 5.32. The van der Waals surface area contributed by atoms with Gasteiger partial charge < -0.3 is 4.90 Å². The van der Waals surface area contributed by atoms with E-state index in [9.17, 15) is 14.0 Å². The summed E-state index contributed by atoms with van der Waals surface area (Å²) >= 11 is 5.70. The van der Waals surface area contributed by atoms with Crippen LogP contribution in [0.3, 0.4) is 0 Å². The van der Waals surface area contributed by atoms with Crippen LogP contribution >= 0.6 is 11.6 Å². The highest BCUT2D eigenvalue weighted by Gasteiger charge is 2.24. The van der Waals surface area contributed by atoms with Crippen LogP contribution in [0.5, 0.6) is 0 Å². The molecule has 1 aliphatic rings. The Hall–Kier alpha value is -2.19. The topological polar surface area (TPSA) is 85.1 Å². The van der Waals surface area contributed by atoms with Crippen LogP contribution in [-0.4, -0.2) is 57.1 Å². The van der Waals surface area contributed by atoms with Crippen molar-refractivity contribution >= 4 is 17.5 Å². The molecule has 2 aromatic rings. The number of benzene rings is 1. The highest BCUT2D eigenvalue weighted by molar-refractivity contribution is 6.30. The minimum absolute atomic E-state index is 0.0273. The summed E-state index contributed by atoms with van der Waals surface area (Å²) in [5, 5.41) is 6.43. The van der Waals surface area contributed by atoms with Crippen molar-refractivity contribution in [3.05, 3.63) is 50.9 Å². The quantitative estimate of drug-likeness (QED) is 0.868. The maximum absolute atomic E-state index is 13.8. The number of carbonyl (C=O) groups is 1. The van der Waals surface area contributed by atoms with E-state index in [1.54, 1.807) is 4.90 Å². The maximum atomic E-state index is 13.8. The van der Waals surface area contributed by atoms with E-state index in [4.69, 9.17) is 11.6 Å². The normalized spacial score (nSPS) is 15.8. The number of halogens is 2. The Morgan fingerprint density at radius 3 is 2.65 bits per heavy atom. The van der Waals surface area contributed by atoms with E-state index in [0.717, 1.165) is 6.07 Å². The van der Waals surface area contributed by atoms with Crippen LogP contribution in [0.4, 0.5) is 4.39 Å². The molecule has 7 nitrogen and oxygen atoms in total. The molecule has 2 N–H and O–H groups in total. The van der Waals surface area contributed by atoms with Gasteiger partial charge in [-0.3, -0.25) is 14.7 Å². The summed E-state index contributed by atoms with van der Waals surface area (Å²) in [4.78, 5) is 29.6. The molecule has 122 valence electrons. The first-order chi connectivity index (χ1) is 11.0. The predicted octanol–water partition coefficient (Wildman–Crippen LogP) is 0.848. The molecule has 1 aliphatic heterocycles. The number of rotatable bonds is 3. The third-order valence-corrected chi connectivity index (χ3v) is 3.98. The van der Waals surface area contributed by atoms with E-state index in [0.29, 0.717) is 38.5 Å². The monoisotopic (exact) mass is 339 g/mol. The first-order valence-electron chi connectivity index (χ1n) is 7.13. The molecule has 0 radical (unpaired) electrons. The molecule has 0 saturated carbocycles. The SMILES string of the molecule is O=C(c1ccc(Cl)cc1F)N1CCN(Cc2n[nH]c(=O)[nH]2)CC1. The largest absolute Gasteiger partial charge is 0.340 e. The fraction of sp³-hybridized carbons (Fsp3) is 0.357. The lowest BCUT2D eigenvalue weighted by Crippen LogP contribution is -2.48. The van der Waals surface area contributed by atoms with Gasteiger partial charge in [-0.05, 0) is 18.2 Å². The summed E-state index contributed by atoms with van der Waals surface area (Å²) in [6.45, 7) is 2.70. The standard InChI is InChI=1S/C14H15ClFN5O2/c15-9-1-2-10(11(16)7-9)13(22)21-5-3-20(4-6-21)8-12-17-14(23)19-18-12/h1-2,7H,3-6,8H2,(H2,17,18,19,23). The van der Waals surface area contributed by atoms with E-state index in [2.05, 4.69) is 20.1 Å². The predicted molar refractivity (Wildman–Crippen MR) is 81.8 cm³/mol. The molecule has 1 aromatic heterocycles. The van der Waals surface area contributed by atoms with Gasteiger partial charge in [0.1, 0.15) is 11.6 Å². The summed E-state index contributed by atoms with van der Waals surface area (Å²) in [5.74, 6) is -0.399. The van der Waals surface area contributed by atoms with Crippen molar-refractivity contribution < 1.29 is 9.18 Å². The summed E-state index contributed by atoms with van der Waals surface area (Å²) < 4.78 is 13.8. The maximum Gasteiger partial charge on any atom is 0.340 e. The molecule has 1 fully saturated rings. The van der Waals surface area contributed by atoms with Gasteiger partial charge in [0, 0.05) is 31.2 Å². The number of aromatic nitrogens is 3. The van der Waals surface area contributed by atoms with Crippen molar-refractivity contribution in [2.75, 3.05) is 26.2 Å². The third-order valence-electron chi connectivity index (χ3n) is 3.74. The van der Waals surface area contributed by atoms with E-state index in [1.807, 2.05) is 0 Å². The van der Waals surface area contributed by atoms with E-state index < -0.39 is 5.82 Å². The van der Waals surface area contributed by atoms with Crippen molar-refractivity contribution in [2.24, 2.45) is 0 Å². The molecule has 1 amide bonds. The van der Waals surface area contributed by atoms with Gasteiger partial charge in [-0.1, -0.05) is 11.6 Å². The second-order valence-corrected chi connectivity index (χ2v) is 5.75. The fourth-order valence-corrected chi connectivity index (χ4v) is 2.69. The lowest BCUT2D eigenvalue weighted by atomic mass is 10.1. The van der Waals surface area contributed by atoms with E-state index >= 15 is 0 Å². The Balaban J connectivity index is 1.60. The van der Waals surface area contributed by atoms with Crippen LogP contribution in [0.25, 0.3) is 0 Å². The first-order valence-corrected chi connectivity index (χ1v) is 7.51. The average molecular weight is 340 g/mol. The number of aromatic amines is 2. The molecule has 0 bridgehead atoms. The van der Waals surface area contributed by atoms with Crippen LogP contribution in [0.15, 0.2) is 23.0 Å². The highest BCUT2D eigenvalue weighted by atomic mass is 35.5. The summed E-state index contributed by atoms with van der Waals surface area (Å²) in [6.07, 6.45) is 0. The Bertz CT molecular complexity index is 767. The molecule has 9 heteroatoms. The van der Waals surface area contributed by atoms with Gasteiger partial charge in [-0.25, -0.2) is 14.3 Å². The number of amides is 1. The minimum Gasteiger partial charge on any atom is -0.336 e. The van der Waals surface area contributed by atoms with Crippen molar-refractivity contribution in [3.63, 3.8) is 0 Å². The van der Waals surface area contributed by atoms with Gasteiger partial charge in [0.2, 0.25) is 0 Å². The zero-order valence-corrected chi connectivity index (χ0v) is 12.9. The summed E-state index contributed by atoms with van der Waals surface area (Å²) in [6, 6.07) is 4.04. The molecule has 0 aliphatic carbocycles. The third kappa shape index (κ3) is 3.59. The molecular weight excluding hydrogens is 325 g/mol. The molecular formula is C14H15ClFN5O2. The molecule has 23 heavy (non-hydrogen) atoms. The Morgan fingerprint density at radius 2 is 2.04 bits per heavy atom. The van der Waals surface area contributed by atoms with Gasteiger partial charge in [0.05, 0.1) is 12.1 Å². The van der Waals surface area contributed by atoms with Gasteiger partial charge in [-0.2, -0.15) is 5.10 Å². The van der Waals surface area contributed by atoms with Crippen LogP contribution in [-0.2, 0) is 6.54 Å². The average Bonchev–Trinajstić information content (AvgIpc) is 2.92. The molecule has 2 heterocycles. The van der Waals surface area contributed by atoms with Gasteiger partial charge in [-0.15, -0.1) is 0 Å².